The maximum Gasteiger partial charge on any atom is 0.0305 e. The van der Waals surface area contributed by atoms with Gasteiger partial charge >= 0.3 is 0 Å². The smallest absolute Gasteiger partial charge is 0.0305 e. The van der Waals surface area contributed by atoms with E-state index < -0.39 is 0 Å². The first-order valence-electron chi connectivity index (χ1n) is 5.51. The van der Waals surface area contributed by atoms with Crippen LogP contribution in [-0.2, 0) is 0 Å². The van der Waals surface area contributed by atoms with Crippen molar-refractivity contribution in [3.05, 3.63) is 33.5 Å². The minimum atomic E-state index is 0.429. The molecule has 1 heterocycles. The molecular weight excluding hydrogens is 202 g/mol. The number of aryl methyl sites for hydroxylation is 2. The first-order valence-corrected chi connectivity index (χ1v) is 6.33. The molecule has 2 heteroatoms. The molecule has 1 rings (SSSR count). The Morgan fingerprint density at radius 1 is 1.53 bits per heavy atom. The molecule has 0 radical (unpaired) electrons. The van der Waals surface area contributed by atoms with Crippen molar-refractivity contribution in [2.24, 2.45) is 0 Å². The molecule has 1 nitrogen and oxygen atoms in total. The molecule has 0 amide bonds. The zero-order valence-corrected chi connectivity index (χ0v) is 11.0. The summed E-state index contributed by atoms with van der Waals surface area (Å²) in [5.74, 6) is 0. The SMILES string of the molecule is C=C(CC)CNC(C)c1cc(C)sc1C. The van der Waals surface area contributed by atoms with Crippen LogP contribution < -0.4 is 5.32 Å². The normalized spacial score (nSPS) is 12.8. The molecule has 0 spiro atoms. The molecule has 1 unspecified atom stereocenters. The second kappa shape index (κ2) is 5.47. The summed E-state index contributed by atoms with van der Waals surface area (Å²) in [5, 5.41) is 3.51. The van der Waals surface area contributed by atoms with Gasteiger partial charge in [0.1, 0.15) is 0 Å². The van der Waals surface area contributed by atoms with E-state index in [2.05, 4.69) is 45.7 Å². The molecule has 0 fully saturated rings. The van der Waals surface area contributed by atoms with E-state index in [1.807, 2.05) is 11.3 Å². The van der Waals surface area contributed by atoms with Gasteiger partial charge in [-0.3, -0.25) is 0 Å². The second-order valence-corrected chi connectivity index (χ2v) is 5.54. The van der Waals surface area contributed by atoms with Crippen LogP contribution in [0.3, 0.4) is 0 Å². The molecule has 84 valence electrons. The number of rotatable bonds is 5. The average molecular weight is 223 g/mol. The highest BCUT2D eigenvalue weighted by Gasteiger charge is 2.10. The molecule has 1 atom stereocenters. The zero-order valence-electron chi connectivity index (χ0n) is 10.2. The van der Waals surface area contributed by atoms with E-state index in [1.165, 1.54) is 20.9 Å². The summed E-state index contributed by atoms with van der Waals surface area (Å²) in [6.07, 6.45) is 1.06. The largest absolute Gasteiger partial charge is 0.306 e. The van der Waals surface area contributed by atoms with Crippen LogP contribution in [0.4, 0.5) is 0 Å². The van der Waals surface area contributed by atoms with E-state index in [0.717, 1.165) is 13.0 Å². The third-order valence-electron chi connectivity index (χ3n) is 2.70. The Bertz CT molecular complexity index is 338. The van der Waals surface area contributed by atoms with Gasteiger partial charge in [0.2, 0.25) is 0 Å². The summed E-state index contributed by atoms with van der Waals surface area (Å²) in [6.45, 7) is 13.7. The van der Waals surface area contributed by atoms with Crippen LogP contribution in [-0.4, -0.2) is 6.54 Å². The first kappa shape index (κ1) is 12.5. The number of thiophene rings is 1. The molecule has 1 aromatic heterocycles. The van der Waals surface area contributed by atoms with Gasteiger partial charge in [0.25, 0.3) is 0 Å². The van der Waals surface area contributed by atoms with Crippen LogP contribution in [0.15, 0.2) is 18.2 Å². The molecule has 0 aromatic carbocycles. The van der Waals surface area contributed by atoms with Crippen molar-refractivity contribution >= 4 is 11.3 Å². The molecule has 0 saturated heterocycles. The molecular formula is C13H21NS. The average Bonchev–Trinajstić information content (AvgIpc) is 2.53. The Kier molecular flexibility index (Phi) is 4.55. The third kappa shape index (κ3) is 3.47. The highest BCUT2D eigenvalue weighted by atomic mass is 32.1. The maximum absolute atomic E-state index is 4.01. The van der Waals surface area contributed by atoms with E-state index in [0.29, 0.717) is 6.04 Å². The molecule has 1 aromatic rings. The van der Waals surface area contributed by atoms with Crippen molar-refractivity contribution in [3.8, 4) is 0 Å². The van der Waals surface area contributed by atoms with Gasteiger partial charge in [-0.25, -0.2) is 0 Å². The van der Waals surface area contributed by atoms with E-state index in [1.54, 1.807) is 0 Å². The van der Waals surface area contributed by atoms with Crippen molar-refractivity contribution in [1.29, 1.82) is 0 Å². The Balaban J connectivity index is 2.57. The highest BCUT2D eigenvalue weighted by molar-refractivity contribution is 7.12. The van der Waals surface area contributed by atoms with Crippen LogP contribution in [0.2, 0.25) is 0 Å². The lowest BCUT2D eigenvalue weighted by Crippen LogP contribution is -2.20. The van der Waals surface area contributed by atoms with Crippen LogP contribution in [0.1, 0.15) is 41.6 Å². The molecule has 0 aliphatic heterocycles. The summed E-state index contributed by atoms with van der Waals surface area (Å²) in [6, 6.07) is 2.71. The predicted molar refractivity (Wildman–Crippen MR) is 69.6 cm³/mol. The minimum Gasteiger partial charge on any atom is -0.306 e. The topological polar surface area (TPSA) is 12.0 Å². The summed E-state index contributed by atoms with van der Waals surface area (Å²) < 4.78 is 0. The van der Waals surface area contributed by atoms with Crippen LogP contribution >= 0.6 is 11.3 Å². The fourth-order valence-electron chi connectivity index (χ4n) is 1.61. The van der Waals surface area contributed by atoms with Gasteiger partial charge in [-0.05, 0) is 38.8 Å². The van der Waals surface area contributed by atoms with Gasteiger partial charge in [0.15, 0.2) is 0 Å². The minimum absolute atomic E-state index is 0.429. The van der Waals surface area contributed by atoms with Crippen LogP contribution in [0.25, 0.3) is 0 Å². The van der Waals surface area contributed by atoms with E-state index in [9.17, 15) is 0 Å². The Morgan fingerprint density at radius 2 is 2.20 bits per heavy atom. The molecule has 0 bridgehead atoms. The highest BCUT2D eigenvalue weighted by Crippen LogP contribution is 2.26. The number of hydrogen-bond acceptors (Lipinski definition) is 2. The molecule has 15 heavy (non-hydrogen) atoms. The molecule has 0 saturated carbocycles. The van der Waals surface area contributed by atoms with Crippen LogP contribution in [0.5, 0.6) is 0 Å². The molecule has 1 N–H and O–H groups in total. The van der Waals surface area contributed by atoms with Gasteiger partial charge in [-0.15, -0.1) is 11.3 Å². The fraction of sp³-hybridized carbons (Fsp3) is 0.538. The summed E-state index contributed by atoms with van der Waals surface area (Å²) >= 11 is 1.88. The fourth-order valence-corrected chi connectivity index (χ4v) is 2.64. The van der Waals surface area contributed by atoms with Crippen molar-refractivity contribution in [1.82, 2.24) is 5.32 Å². The monoisotopic (exact) mass is 223 g/mol. The summed E-state index contributed by atoms with van der Waals surface area (Å²) in [4.78, 5) is 2.82. The lowest BCUT2D eigenvalue weighted by Gasteiger charge is -2.14. The van der Waals surface area contributed by atoms with Crippen molar-refractivity contribution in [3.63, 3.8) is 0 Å². The third-order valence-corrected chi connectivity index (χ3v) is 3.69. The van der Waals surface area contributed by atoms with Crippen molar-refractivity contribution in [2.45, 2.75) is 40.2 Å². The van der Waals surface area contributed by atoms with Gasteiger partial charge in [-0.2, -0.15) is 0 Å². The first-order chi connectivity index (χ1) is 7.04. The van der Waals surface area contributed by atoms with Gasteiger partial charge < -0.3 is 5.32 Å². The van der Waals surface area contributed by atoms with Crippen LogP contribution in [0, 0.1) is 13.8 Å². The quantitative estimate of drug-likeness (QED) is 0.744. The summed E-state index contributed by atoms with van der Waals surface area (Å²) in [7, 11) is 0. The molecule has 0 aliphatic carbocycles. The standard InChI is InChI=1S/C13H21NS/c1-6-9(2)8-14-11(4)13-7-10(3)15-12(13)5/h7,11,14H,2,6,8H2,1,3-5H3. The second-order valence-electron chi connectivity index (χ2n) is 4.07. The van der Waals surface area contributed by atoms with E-state index in [-0.39, 0.29) is 0 Å². The van der Waals surface area contributed by atoms with Gasteiger partial charge in [0, 0.05) is 22.3 Å². The number of hydrogen-bond donors (Lipinski definition) is 1. The predicted octanol–water partition coefficient (Wildman–Crippen LogP) is 3.98. The van der Waals surface area contributed by atoms with Crippen molar-refractivity contribution < 1.29 is 0 Å². The van der Waals surface area contributed by atoms with Crippen molar-refractivity contribution in [2.75, 3.05) is 6.54 Å². The summed E-state index contributed by atoms with van der Waals surface area (Å²) in [5.41, 5.74) is 2.70. The Labute approximate surface area is 97.2 Å². The lowest BCUT2D eigenvalue weighted by atomic mass is 10.1. The van der Waals surface area contributed by atoms with E-state index >= 15 is 0 Å². The van der Waals surface area contributed by atoms with Gasteiger partial charge in [-0.1, -0.05) is 19.1 Å². The molecule has 0 aliphatic rings. The Morgan fingerprint density at radius 3 is 2.67 bits per heavy atom. The van der Waals surface area contributed by atoms with Gasteiger partial charge in [0.05, 0.1) is 0 Å². The maximum atomic E-state index is 4.01. The Hall–Kier alpha value is -0.600. The zero-order chi connectivity index (χ0) is 11.4. The lowest BCUT2D eigenvalue weighted by molar-refractivity contribution is 0.601. The number of nitrogens with one attached hydrogen (secondary N) is 1. The van der Waals surface area contributed by atoms with E-state index in [4.69, 9.17) is 0 Å².